The van der Waals surface area contributed by atoms with Gasteiger partial charge in [0.2, 0.25) is 11.5 Å². The molecule has 0 amide bonds. The number of hydrogen-bond donors (Lipinski definition) is 0. The van der Waals surface area contributed by atoms with Crippen molar-refractivity contribution in [2.24, 2.45) is 0 Å². The lowest BCUT2D eigenvalue weighted by Crippen LogP contribution is -2.19. The number of hydrogen-bond acceptors (Lipinski definition) is 3. The Bertz CT molecular complexity index is 108. The molecule has 2 unspecified atom stereocenters. The van der Waals surface area contributed by atoms with Gasteiger partial charge in [-0.15, -0.1) is 0 Å². The van der Waals surface area contributed by atoms with Crippen molar-refractivity contribution in [3.8, 4) is 0 Å². The summed E-state index contributed by atoms with van der Waals surface area (Å²) >= 11 is 11.3. The lowest BCUT2D eigenvalue weighted by molar-refractivity contribution is -0.173. The minimum absolute atomic E-state index is 0.616. The van der Waals surface area contributed by atoms with E-state index in [2.05, 4.69) is 0 Å². The number of ether oxygens (including phenoxy) is 3. The predicted molar refractivity (Wildman–Crippen MR) is 61.8 cm³/mol. The highest BCUT2D eigenvalue weighted by Gasteiger charge is 2.11. The van der Waals surface area contributed by atoms with Gasteiger partial charge in [0.25, 0.3) is 0 Å². The van der Waals surface area contributed by atoms with E-state index in [4.69, 9.17) is 37.4 Å². The molecule has 0 N–H and O–H groups in total. The van der Waals surface area contributed by atoms with Gasteiger partial charge >= 0.3 is 0 Å². The van der Waals surface area contributed by atoms with E-state index in [1.165, 1.54) is 0 Å². The molecule has 0 spiro atoms. The van der Waals surface area contributed by atoms with Crippen LogP contribution in [0.15, 0.2) is 0 Å². The molecule has 80 valence electrons. The van der Waals surface area contributed by atoms with Gasteiger partial charge in [0.15, 0.2) is 0 Å². The molecule has 0 aromatic carbocycles. The van der Waals surface area contributed by atoms with Crippen LogP contribution in [0.5, 0.6) is 0 Å². The maximum Gasteiger partial charge on any atom is 0.240 e. The Balaban J connectivity index is 3.35. The molecular weight excluding hydrogens is 247 g/mol. The maximum absolute atomic E-state index is 5.65. The topological polar surface area (TPSA) is 27.7 Å². The van der Waals surface area contributed by atoms with Crippen LogP contribution in [0.4, 0.5) is 0 Å². The van der Waals surface area contributed by atoms with Crippen LogP contribution in [0.25, 0.3) is 0 Å². The van der Waals surface area contributed by atoms with Gasteiger partial charge in [-0.1, -0.05) is 23.2 Å². The van der Waals surface area contributed by atoms with Crippen LogP contribution in [0, 0.1) is 0 Å². The van der Waals surface area contributed by atoms with Gasteiger partial charge in [0, 0.05) is 33.7 Å². The largest absolute Gasteiger partial charge is 0.340 e. The molecule has 0 fully saturated rings. The summed E-state index contributed by atoms with van der Waals surface area (Å²) in [6.45, 7) is 1.23. The molecule has 0 aromatic heterocycles. The van der Waals surface area contributed by atoms with Gasteiger partial charge in [-0.25, -0.2) is 0 Å². The molecule has 0 saturated carbocycles. The predicted octanol–water partition coefficient (Wildman–Crippen LogP) is -0.352. The monoisotopic (exact) mass is 262 g/mol. The Morgan fingerprint density at radius 2 is 1.31 bits per heavy atom. The normalized spacial score (nSPS) is 16.2. The molecule has 0 rings (SSSR count). The summed E-state index contributed by atoms with van der Waals surface area (Å²) in [6.07, 6.45) is 0. The SMILES string of the molecule is [SiH3]CCOC(Cl)OC(Cl)OCC[SiH3]. The van der Waals surface area contributed by atoms with Gasteiger partial charge in [0.05, 0.1) is 0 Å². The molecule has 0 bridgehead atoms. The molecule has 0 aromatic rings. The smallest absolute Gasteiger partial charge is 0.240 e. The Kier molecular flexibility index (Phi) is 10.1. The van der Waals surface area contributed by atoms with E-state index < -0.39 is 11.5 Å². The van der Waals surface area contributed by atoms with Crippen molar-refractivity contribution in [2.45, 2.75) is 23.6 Å². The van der Waals surface area contributed by atoms with E-state index in [0.717, 1.165) is 32.6 Å². The first-order chi connectivity index (χ1) is 6.20. The minimum atomic E-state index is -0.800. The summed E-state index contributed by atoms with van der Waals surface area (Å²) in [6, 6.07) is 2.06. The van der Waals surface area contributed by atoms with Crippen molar-refractivity contribution in [3.63, 3.8) is 0 Å². The summed E-state index contributed by atoms with van der Waals surface area (Å²) < 4.78 is 15.1. The molecule has 13 heavy (non-hydrogen) atoms. The quantitative estimate of drug-likeness (QED) is 0.340. The zero-order chi connectivity index (χ0) is 10.1. The molecule has 0 aliphatic carbocycles. The van der Waals surface area contributed by atoms with Gasteiger partial charge in [-0.3, -0.25) is 4.74 Å². The lowest BCUT2D eigenvalue weighted by Gasteiger charge is -2.15. The van der Waals surface area contributed by atoms with Crippen LogP contribution in [-0.2, 0) is 14.2 Å². The molecular formula is C6H16Cl2O3Si2. The second-order valence-corrected chi connectivity index (χ2v) is 5.14. The Morgan fingerprint density at radius 1 is 0.923 bits per heavy atom. The lowest BCUT2D eigenvalue weighted by atomic mass is 10.8. The van der Waals surface area contributed by atoms with Crippen LogP contribution in [0.1, 0.15) is 0 Å². The van der Waals surface area contributed by atoms with Crippen molar-refractivity contribution in [1.29, 1.82) is 0 Å². The first kappa shape index (κ1) is 13.9. The Hall–Kier alpha value is 0.894. The number of alkyl halides is 2. The van der Waals surface area contributed by atoms with Crippen LogP contribution in [0.2, 0.25) is 12.1 Å². The zero-order valence-corrected chi connectivity index (χ0v) is 13.5. The molecule has 0 aliphatic rings. The van der Waals surface area contributed by atoms with E-state index in [0.29, 0.717) is 13.2 Å². The summed E-state index contributed by atoms with van der Waals surface area (Å²) in [5.41, 5.74) is 0. The number of rotatable bonds is 8. The Morgan fingerprint density at radius 3 is 1.62 bits per heavy atom. The molecule has 0 saturated heterocycles. The number of halogens is 2. The molecule has 2 atom stereocenters. The molecule has 7 heteroatoms. The fraction of sp³-hybridized carbons (Fsp3) is 1.00. The van der Waals surface area contributed by atoms with Gasteiger partial charge in [-0.05, 0) is 12.1 Å². The van der Waals surface area contributed by atoms with Crippen molar-refractivity contribution in [2.75, 3.05) is 13.2 Å². The molecule has 0 aliphatic heterocycles. The van der Waals surface area contributed by atoms with Crippen LogP contribution in [-0.4, -0.2) is 45.2 Å². The maximum atomic E-state index is 5.65. The second-order valence-electron chi connectivity index (χ2n) is 2.43. The van der Waals surface area contributed by atoms with Crippen molar-refractivity contribution < 1.29 is 14.2 Å². The standard InChI is InChI=1S/C6H16Cl2O3Si2/c7-5(9-1-3-12)11-6(8)10-2-4-13/h5-6H,1-4H2,12-13H3. The third kappa shape index (κ3) is 9.20. The van der Waals surface area contributed by atoms with Gasteiger partial charge in [-0.2, -0.15) is 0 Å². The summed E-state index contributed by atoms with van der Waals surface area (Å²) in [5.74, 6) is -1.60. The summed E-state index contributed by atoms with van der Waals surface area (Å²) in [7, 11) is 2.19. The third-order valence-electron chi connectivity index (χ3n) is 1.12. The van der Waals surface area contributed by atoms with E-state index in [9.17, 15) is 0 Å². The van der Waals surface area contributed by atoms with Gasteiger partial charge in [0.1, 0.15) is 0 Å². The summed E-state index contributed by atoms with van der Waals surface area (Å²) in [5, 5.41) is 0. The highest BCUT2D eigenvalue weighted by atomic mass is 35.5. The van der Waals surface area contributed by atoms with Crippen molar-refractivity contribution in [1.82, 2.24) is 0 Å². The highest BCUT2D eigenvalue weighted by molar-refractivity contribution is 6.20. The molecule has 3 nitrogen and oxygen atoms in total. The minimum Gasteiger partial charge on any atom is -0.340 e. The highest BCUT2D eigenvalue weighted by Crippen LogP contribution is 2.10. The van der Waals surface area contributed by atoms with Crippen LogP contribution < -0.4 is 0 Å². The zero-order valence-electron chi connectivity index (χ0n) is 7.96. The Labute approximate surface area is 94.9 Å². The van der Waals surface area contributed by atoms with E-state index in [1.807, 2.05) is 0 Å². The summed E-state index contributed by atoms with van der Waals surface area (Å²) in [4.78, 5) is 0. The fourth-order valence-corrected chi connectivity index (χ4v) is 1.47. The van der Waals surface area contributed by atoms with Gasteiger partial charge < -0.3 is 9.47 Å². The third-order valence-corrected chi connectivity index (χ3v) is 2.39. The molecule has 0 heterocycles. The van der Waals surface area contributed by atoms with E-state index in [1.54, 1.807) is 0 Å². The first-order valence-corrected chi connectivity index (χ1v) is 8.07. The van der Waals surface area contributed by atoms with Crippen LogP contribution in [0.3, 0.4) is 0 Å². The average molecular weight is 263 g/mol. The van der Waals surface area contributed by atoms with E-state index >= 15 is 0 Å². The van der Waals surface area contributed by atoms with Crippen LogP contribution >= 0.6 is 23.2 Å². The van der Waals surface area contributed by atoms with Crippen molar-refractivity contribution in [3.05, 3.63) is 0 Å². The first-order valence-electron chi connectivity index (χ1n) is 4.37. The van der Waals surface area contributed by atoms with E-state index in [-0.39, 0.29) is 0 Å². The average Bonchev–Trinajstić information content (AvgIpc) is 2.11. The van der Waals surface area contributed by atoms with Crippen molar-refractivity contribution >= 4 is 43.7 Å². The fourth-order valence-electron chi connectivity index (χ4n) is 0.584. The molecule has 0 radical (unpaired) electrons. The second kappa shape index (κ2) is 9.45.